The summed E-state index contributed by atoms with van der Waals surface area (Å²) in [6.07, 6.45) is 1.42. The van der Waals surface area contributed by atoms with Crippen molar-refractivity contribution in [2.45, 2.75) is 46.6 Å². The van der Waals surface area contributed by atoms with Crippen molar-refractivity contribution in [3.63, 3.8) is 0 Å². The molecule has 1 aromatic heterocycles. The number of hydrogen-bond acceptors (Lipinski definition) is 4. The molecule has 0 N–H and O–H groups in total. The second kappa shape index (κ2) is 5.56. The van der Waals surface area contributed by atoms with Gasteiger partial charge in [0.25, 0.3) is 0 Å². The van der Waals surface area contributed by atoms with Crippen molar-refractivity contribution in [3.8, 4) is 0 Å². The van der Waals surface area contributed by atoms with E-state index in [0.29, 0.717) is 37.2 Å². The van der Waals surface area contributed by atoms with Crippen LogP contribution in [0.3, 0.4) is 0 Å². The summed E-state index contributed by atoms with van der Waals surface area (Å²) in [5, 5.41) is 15.2. The number of nitrogens with zero attached hydrogens (tertiary/aromatic N) is 3. The maximum atomic E-state index is 11.0. The molecule has 0 saturated carbocycles. The molecule has 0 aliphatic heterocycles. The van der Waals surface area contributed by atoms with Crippen molar-refractivity contribution in [1.82, 2.24) is 9.78 Å². The van der Waals surface area contributed by atoms with Crippen LogP contribution in [0.2, 0.25) is 0 Å². The van der Waals surface area contributed by atoms with E-state index in [1.54, 1.807) is 4.68 Å². The van der Waals surface area contributed by atoms with E-state index in [0.717, 1.165) is 0 Å². The third-order valence-corrected chi connectivity index (χ3v) is 2.63. The minimum Gasteiger partial charge on any atom is -0.300 e. The molecule has 0 bridgehead atoms. The summed E-state index contributed by atoms with van der Waals surface area (Å²) >= 11 is 0. The Morgan fingerprint density at radius 3 is 2.47 bits per heavy atom. The minimum atomic E-state index is -0.380. The van der Waals surface area contributed by atoms with E-state index in [1.807, 2.05) is 13.8 Å². The van der Waals surface area contributed by atoms with Crippen LogP contribution in [0, 0.1) is 10.1 Å². The van der Waals surface area contributed by atoms with E-state index in [-0.39, 0.29) is 16.4 Å². The SMILES string of the molecule is CCc1nn(CCC(C)=O)c(CC)c1[N+](=O)[O-]. The summed E-state index contributed by atoms with van der Waals surface area (Å²) in [7, 11) is 0. The highest BCUT2D eigenvalue weighted by Gasteiger charge is 2.25. The Morgan fingerprint density at radius 2 is 2.06 bits per heavy atom. The van der Waals surface area contributed by atoms with Crippen molar-refractivity contribution in [2.24, 2.45) is 0 Å². The maximum Gasteiger partial charge on any atom is 0.313 e. The molecule has 6 nitrogen and oxygen atoms in total. The first kappa shape index (κ1) is 13.3. The predicted molar refractivity (Wildman–Crippen MR) is 62.9 cm³/mol. The zero-order valence-corrected chi connectivity index (χ0v) is 10.4. The van der Waals surface area contributed by atoms with Crippen LogP contribution in [0.25, 0.3) is 0 Å². The highest BCUT2D eigenvalue weighted by atomic mass is 16.6. The zero-order valence-electron chi connectivity index (χ0n) is 10.4. The fourth-order valence-corrected chi connectivity index (χ4v) is 1.79. The summed E-state index contributed by atoms with van der Waals surface area (Å²) in [5.74, 6) is 0.0586. The smallest absolute Gasteiger partial charge is 0.300 e. The van der Waals surface area contributed by atoms with Crippen LogP contribution in [-0.2, 0) is 24.2 Å². The van der Waals surface area contributed by atoms with Crippen molar-refractivity contribution in [1.29, 1.82) is 0 Å². The van der Waals surface area contributed by atoms with Gasteiger partial charge in [-0.1, -0.05) is 13.8 Å². The molecule has 0 spiro atoms. The lowest BCUT2D eigenvalue weighted by Crippen LogP contribution is -2.08. The standard InChI is InChI=1S/C11H17N3O3/c1-4-9-11(14(16)17)10(5-2)13(12-9)7-6-8(3)15/h4-7H2,1-3H3. The fourth-order valence-electron chi connectivity index (χ4n) is 1.79. The van der Waals surface area contributed by atoms with Gasteiger partial charge in [0.2, 0.25) is 0 Å². The summed E-state index contributed by atoms with van der Waals surface area (Å²) in [6, 6.07) is 0. The van der Waals surface area contributed by atoms with Crippen molar-refractivity contribution < 1.29 is 9.72 Å². The third-order valence-electron chi connectivity index (χ3n) is 2.63. The molecular weight excluding hydrogens is 222 g/mol. The van der Waals surface area contributed by atoms with Crippen LogP contribution in [0.5, 0.6) is 0 Å². The molecule has 94 valence electrons. The van der Waals surface area contributed by atoms with Gasteiger partial charge in [0.05, 0.1) is 4.92 Å². The molecule has 1 heterocycles. The summed E-state index contributed by atoms with van der Waals surface area (Å²) in [5.41, 5.74) is 1.21. The number of carbonyl (C=O) groups excluding carboxylic acids is 1. The van der Waals surface area contributed by atoms with E-state index in [4.69, 9.17) is 0 Å². The number of carbonyl (C=O) groups is 1. The zero-order chi connectivity index (χ0) is 13.0. The Bertz CT molecular complexity index is 437. The molecule has 1 aromatic rings. The quantitative estimate of drug-likeness (QED) is 0.561. The molecule has 6 heteroatoms. The highest BCUT2D eigenvalue weighted by molar-refractivity contribution is 5.75. The van der Waals surface area contributed by atoms with E-state index in [2.05, 4.69) is 5.10 Å². The molecule has 0 fully saturated rings. The van der Waals surface area contributed by atoms with E-state index >= 15 is 0 Å². The average molecular weight is 239 g/mol. The second-order valence-corrected chi connectivity index (χ2v) is 3.88. The number of aryl methyl sites for hydroxylation is 2. The van der Waals surface area contributed by atoms with Gasteiger partial charge in [-0.05, 0) is 19.8 Å². The second-order valence-electron chi connectivity index (χ2n) is 3.88. The average Bonchev–Trinajstić information content (AvgIpc) is 2.63. The molecule has 0 saturated heterocycles. The lowest BCUT2D eigenvalue weighted by Gasteiger charge is -2.02. The van der Waals surface area contributed by atoms with Gasteiger partial charge in [0, 0.05) is 13.0 Å². The van der Waals surface area contributed by atoms with E-state index in [1.165, 1.54) is 6.92 Å². The number of hydrogen-bond donors (Lipinski definition) is 0. The van der Waals surface area contributed by atoms with Crippen LogP contribution in [0.15, 0.2) is 0 Å². The molecule has 1 rings (SSSR count). The van der Waals surface area contributed by atoms with Gasteiger partial charge in [-0.3, -0.25) is 19.6 Å². The summed E-state index contributed by atoms with van der Waals surface area (Å²) in [4.78, 5) is 21.6. The lowest BCUT2D eigenvalue weighted by atomic mass is 10.2. The Hall–Kier alpha value is -1.72. The monoisotopic (exact) mass is 239 g/mol. The fraction of sp³-hybridized carbons (Fsp3) is 0.636. The third kappa shape index (κ3) is 2.89. The summed E-state index contributed by atoms with van der Waals surface area (Å²) in [6.45, 7) is 5.61. The molecule has 0 amide bonds. The van der Waals surface area contributed by atoms with Crippen LogP contribution in [-0.4, -0.2) is 20.5 Å². The van der Waals surface area contributed by atoms with Gasteiger partial charge in [0.1, 0.15) is 17.2 Å². The number of Topliss-reactive ketones (excluding diaryl/α,β-unsaturated/α-hetero) is 1. The number of nitro groups is 1. The van der Waals surface area contributed by atoms with Crippen LogP contribution < -0.4 is 0 Å². The largest absolute Gasteiger partial charge is 0.313 e. The summed E-state index contributed by atoms with van der Waals surface area (Å²) < 4.78 is 1.60. The van der Waals surface area contributed by atoms with Crippen LogP contribution in [0.4, 0.5) is 5.69 Å². The van der Waals surface area contributed by atoms with Gasteiger partial charge in [0.15, 0.2) is 0 Å². The molecule has 0 radical (unpaired) electrons. The van der Waals surface area contributed by atoms with Crippen LogP contribution in [0.1, 0.15) is 38.6 Å². The predicted octanol–water partition coefficient (Wildman–Crippen LogP) is 1.90. The Morgan fingerprint density at radius 1 is 1.41 bits per heavy atom. The molecular formula is C11H17N3O3. The van der Waals surface area contributed by atoms with Crippen molar-refractivity contribution in [2.75, 3.05) is 0 Å². The maximum absolute atomic E-state index is 11.0. The molecule has 0 atom stereocenters. The molecule has 17 heavy (non-hydrogen) atoms. The van der Waals surface area contributed by atoms with Gasteiger partial charge in [-0.2, -0.15) is 5.10 Å². The Kier molecular flexibility index (Phi) is 4.37. The molecule has 0 unspecified atom stereocenters. The number of aromatic nitrogens is 2. The van der Waals surface area contributed by atoms with Crippen molar-refractivity contribution >= 4 is 11.5 Å². The van der Waals surface area contributed by atoms with Gasteiger partial charge >= 0.3 is 5.69 Å². The first-order valence-electron chi connectivity index (χ1n) is 5.73. The normalized spacial score (nSPS) is 10.5. The van der Waals surface area contributed by atoms with E-state index in [9.17, 15) is 14.9 Å². The van der Waals surface area contributed by atoms with Gasteiger partial charge in [-0.15, -0.1) is 0 Å². The van der Waals surface area contributed by atoms with Crippen molar-refractivity contribution in [3.05, 3.63) is 21.5 Å². The molecule has 0 aromatic carbocycles. The minimum absolute atomic E-state index is 0.0586. The topological polar surface area (TPSA) is 78.0 Å². The number of rotatable bonds is 6. The van der Waals surface area contributed by atoms with E-state index < -0.39 is 0 Å². The molecule has 0 aliphatic carbocycles. The first-order valence-corrected chi connectivity index (χ1v) is 5.73. The van der Waals surface area contributed by atoms with Crippen LogP contribution >= 0.6 is 0 Å². The Labute approximate surface area is 99.8 Å². The van der Waals surface area contributed by atoms with Gasteiger partial charge in [-0.25, -0.2) is 0 Å². The first-order chi connectivity index (χ1) is 8.01. The lowest BCUT2D eigenvalue weighted by molar-refractivity contribution is -0.386. The van der Waals surface area contributed by atoms with Gasteiger partial charge < -0.3 is 0 Å². The highest BCUT2D eigenvalue weighted by Crippen LogP contribution is 2.24. The molecule has 0 aliphatic rings. The number of ketones is 1. The Balaban J connectivity index is 3.13.